The fourth-order valence-corrected chi connectivity index (χ4v) is 2.49. The molecular weight excluding hydrogens is 395 g/mol. The summed E-state index contributed by atoms with van der Waals surface area (Å²) in [4.78, 5) is 18.0. The highest BCUT2D eigenvalue weighted by Crippen LogP contribution is 2.10. The molecular formula is C15H31IN4O2. The van der Waals surface area contributed by atoms with Gasteiger partial charge in [-0.2, -0.15) is 0 Å². The number of piperidine rings is 1. The van der Waals surface area contributed by atoms with Crippen LogP contribution in [0, 0.1) is 0 Å². The summed E-state index contributed by atoms with van der Waals surface area (Å²) in [5.74, 6) is 0.581. The number of rotatable bonds is 7. The number of methoxy groups -OCH3 is 1. The summed E-state index contributed by atoms with van der Waals surface area (Å²) in [7, 11) is 1.40. The number of esters is 1. The van der Waals surface area contributed by atoms with Crippen molar-refractivity contribution in [3.8, 4) is 0 Å². The summed E-state index contributed by atoms with van der Waals surface area (Å²) in [6.07, 6.45) is 3.82. The topological polar surface area (TPSA) is 66.0 Å². The lowest BCUT2D eigenvalue weighted by atomic mass is 10.1. The first kappa shape index (κ1) is 21.4. The Bertz CT molecular complexity index is 332. The predicted molar refractivity (Wildman–Crippen MR) is 101 cm³/mol. The van der Waals surface area contributed by atoms with E-state index in [4.69, 9.17) is 0 Å². The lowest BCUT2D eigenvalue weighted by molar-refractivity contribution is -0.140. The van der Waals surface area contributed by atoms with Crippen LogP contribution in [0.3, 0.4) is 0 Å². The van der Waals surface area contributed by atoms with Crippen LogP contribution in [-0.4, -0.2) is 62.7 Å². The molecule has 1 aliphatic heterocycles. The molecule has 130 valence electrons. The van der Waals surface area contributed by atoms with Gasteiger partial charge in [0, 0.05) is 25.7 Å². The average molecular weight is 426 g/mol. The van der Waals surface area contributed by atoms with Crippen molar-refractivity contribution < 1.29 is 9.53 Å². The SMILES string of the molecule is CCCN1CCC(NC(=NCCC(=O)OC)NCC)CC1.I. The van der Waals surface area contributed by atoms with Gasteiger partial charge in [-0.05, 0) is 32.7 Å². The van der Waals surface area contributed by atoms with E-state index in [0.717, 1.165) is 38.4 Å². The van der Waals surface area contributed by atoms with Crippen LogP contribution < -0.4 is 10.6 Å². The minimum Gasteiger partial charge on any atom is -0.469 e. The van der Waals surface area contributed by atoms with Gasteiger partial charge in [0.1, 0.15) is 0 Å². The van der Waals surface area contributed by atoms with Crippen LogP contribution >= 0.6 is 24.0 Å². The number of hydrogen-bond donors (Lipinski definition) is 2. The second-order valence-corrected chi connectivity index (χ2v) is 5.35. The zero-order valence-electron chi connectivity index (χ0n) is 14.1. The fraction of sp³-hybridized carbons (Fsp3) is 0.867. The first-order valence-electron chi connectivity index (χ1n) is 8.03. The Balaban J connectivity index is 0.00000441. The molecule has 0 radical (unpaired) electrons. The highest BCUT2D eigenvalue weighted by molar-refractivity contribution is 14.0. The third-order valence-corrected chi connectivity index (χ3v) is 3.63. The van der Waals surface area contributed by atoms with Crippen molar-refractivity contribution in [3.63, 3.8) is 0 Å². The summed E-state index contributed by atoms with van der Waals surface area (Å²) in [5.41, 5.74) is 0. The normalized spacial score (nSPS) is 16.8. The molecule has 1 heterocycles. The molecule has 0 aromatic carbocycles. The molecule has 0 spiro atoms. The summed E-state index contributed by atoms with van der Waals surface area (Å²) in [6, 6.07) is 0.467. The fourth-order valence-electron chi connectivity index (χ4n) is 2.49. The smallest absolute Gasteiger partial charge is 0.307 e. The molecule has 1 rings (SSSR count). The zero-order chi connectivity index (χ0) is 15.5. The molecule has 1 saturated heterocycles. The lowest BCUT2D eigenvalue weighted by Gasteiger charge is -2.32. The molecule has 1 fully saturated rings. The number of hydrogen-bond acceptors (Lipinski definition) is 4. The first-order chi connectivity index (χ1) is 10.2. The minimum atomic E-state index is -0.220. The number of halogens is 1. The van der Waals surface area contributed by atoms with E-state index >= 15 is 0 Å². The maximum absolute atomic E-state index is 11.1. The average Bonchev–Trinajstić information content (AvgIpc) is 2.49. The van der Waals surface area contributed by atoms with Gasteiger partial charge in [0.2, 0.25) is 0 Å². The molecule has 1 aliphatic rings. The first-order valence-corrected chi connectivity index (χ1v) is 8.03. The van der Waals surface area contributed by atoms with Crippen LogP contribution in [0.5, 0.6) is 0 Å². The molecule has 6 nitrogen and oxygen atoms in total. The Morgan fingerprint density at radius 2 is 2.00 bits per heavy atom. The zero-order valence-corrected chi connectivity index (χ0v) is 16.4. The van der Waals surface area contributed by atoms with Crippen LogP contribution in [0.4, 0.5) is 0 Å². The molecule has 2 N–H and O–H groups in total. The Kier molecular flexibility index (Phi) is 12.6. The molecule has 7 heteroatoms. The lowest BCUT2D eigenvalue weighted by Crippen LogP contribution is -2.48. The molecule has 0 amide bonds. The Morgan fingerprint density at radius 1 is 1.32 bits per heavy atom. The number of guanidine groups is 1. The van der Waals surface area contributed by atoms with Crippen molar-refractivity contribution in [2.24, 2.45) is 4.99 Å². The van der Waals surface area contributed by atoms with Crippen LogP contribution in [-0.2, 0) is 9.53 Å². The molecule has 0 aliphatic carbocycles. The van der Waals surface area contributed by atoms with Gasteiger partial charge in [-0.3, -0.25) is 9.79 Å². The second kappa shape index (κ2) is 12.9. The van der Waals surface area contributed by atoms with Crippen molar-refractivity contribution in [2.75, 3.05) is 39.8 Å². The van der Waals surface area contributed by atoms with Gasteiger partial charge in [0.15, 0.2) is 5.96 Å². The molecule has 22 heavy (non-hydrogen) atoms. The van der Waals surface area contributed by atoms with Crippen molar-refractivity contribution >= 4 is 35.9 Å². The van der Waals surface area contributed by atoms with Gasteiger partial charge >= 0.3 is 5.97 Å². The van der Waals surface area contributed by atoms with Crippen LogP contribution in [0.25, 0.3) is 0 Å². The molecule has 0 unspecified atom stereocenters. The van der Waals surface area contributed by atoms with Crippen molar-refractivity contribution in [2.45, 2.75) is 45.6 Å². The summed E-state index contributed by atoms with van der Waals surface area (Å²) in [6.45, 7) is 9.03. The highest BCUT2D eigenvalue weighted by Gasteiger charge is 2.19. The van der Waals surface area contributed by atoms with Gasteiger partial charge in [0.05, 0.1) is 20.1 Å². The third-order valence-electron chi connectivity index (χ3n) is 3.63. The number of ether oxygens (including phenoxy) is 1. The van der Waals surface area contributed by atoms with Gasteiger partial charge in [-0.25, -0.2) is 0 Å². The summed E-state index contributed by atoms with van der Waals surface area (Å²) >= 11 is 0. The van der Waals surface area contributed by atoms with E-state index in [1.54, 1.807) is 0 Å². The number of likely N-dealkylation sites (tertiary alicyclic amines) is 1. The standard InChI is InChI=1S/C15H30N4O2.HI/c1-4-10-19-11-7-13(8-12-19)18-15(16-5-2)17-9-6-14(20)21-3;/h13H,4-12H2,1-3H3,(H2,16,17,18);1H. The number of carbonyl (C=O) groups excluding carboxylic acids is 1. The number of nitrogens with zero attached hydrogens (tertiary/aromatic N) is 2. The largest absolute Gasteiger partial charge is 0.469 e. The Labute approximate surface area is 151 Å². The summed E-state index contributed by atoms with van der Waals surface area (Å²) in [5, 5.41) is 6.70. The number of carbonyl (C=O) groups is 1. The highest BCUT2D eigenvalue weighted by atomic mass is 127. The second-order valence-electron chi connectivity index (χ2n) is 5.35. The van der Waals surface area contributed by atoms with E-state index in [1.165, 1.54) is 20.1 Å². The molecule has 0 bridgehead atoms. The molecule has 0 saturated carbocycles. The predicted octanol–water partition coefficient (Wildman–Crippen LogP) is 1.60. The Hall–Kier alpha value is -0.570. The molecule has 0 aromatic heterocycles. The van der Waals surface area contributed by atoms with E-state index in [0.29, 0.717) is 19.0 Å². The third kappa shape index (κ3) is 8.77. The van der Waals surface area contributed by atoms with Crippen molar-refractivity contribution in [1.82, 2.24) is 15.5 Å². The molecule has 0 atom stereocenters. The van der Waals surface area contributed by atoms with Crippen molar-refractivity contribution in [3.05, 3.63) is 0 Å². The maximum atomic E-state index is 11.1. The summed E-state index contributed by atoms with van der Waals surface area (Å²) < 4.78 is 4.62. The van der Waals surface area contributed by atoms with Gasteiger partial charge in [-0.15, -0.1) is 24.0 Å². The van der Waals surface area contributed by atoms with E-state index in [-0.39, 0.29) is 29.9 Å². The van der Waals surface area contributed by atoms with E-state index in [1.807, 2.05) is 6.92 Å². The molecule has 0 aromatic rings. The maximum Gasteiger partial charge on any atom is 0.307 e. The van der Waals surface area contributed by atoms with Gasteiger partial charge < -0.3 is 20.3 Å². The quantitative estimate of drug-likeness (QED) is 0.280. The van der Waals surface area contributed by atoms with E-state index in [2.05, 4.69) is 32.2 Å². The van der Waals surface area contributed by atoms with Gasteiger partial charge in [0.25, 0.3) is 0 Å². The number of aliphatic imine (C=N–C) groups is 1. The van der Waals surface area contributed by atoms with Crippen LogP contribution in [0.2, 0.25) is 0 Å². The monoisotopic (exact) mass is 426 g/mol. The van der Waals surface area contributed by atoms with Gasteiger partial charge in [-0.1, -0.05) is 6.92 Å². The Morgan fingerprint density at radius 3 is 2.55 bits per heavy atom. The van der Waals surface area contributed by atoms with E-state index in [9.17, 15) is 4.79 Å². The number of nitrogens with one attached hydrogen (secondary N) is 2. The van der Waals surface area contributed by atoms with E-state index < -0.39 is 0 Å². The van der Waals surface area contributed by atoms with Crippen LogP contribution in [0.1, 0.15) is 39.5 Å². The van der Waals surface area contributed by atoms with Crippen molar-refractivity contribution in [1.29, 1.82) is 0 Å². The minimum absolute atomic E-state index is 0. The van der Waals surface area contributed by atoms with Crippen LogP contribution in [0.15, 0.2) is 4.99 Å².